The topological polar surface area (TPSA) is 41.5 Å². The lowest BCUT2D eigenvalue weighted by Crippen LogP contribution is -2.47. The second-order valence-electron chi connectivity index (χ2n) is 7.99. The second kappa shape index (κ2) is 7.48. The molecule has 3 aromatic rings. The Bertz CT molecular complexity index is 1060. The Labute approximate surface area is 179 Å². The number of aryl methyl sites for hydroxylation is 1. The number of aromatic nitrogens is 2. The van der Waals surface area contributed by atoms with E-state index < -0.39 is 0 Å². The number of rotatable bonds is 4. The number of ether oxygens (including phenoxy) is 1. The van der Waals surface area contributed by atoms with E-state index in [1.54, 1.807) is 7.11 Å². The van der Waals surface area contributed by atoms with Crippen LogP contribution < -0.4 is 14.5 Å². The molecule has 1 aliphatic carbocycles. The molecule has 2 fully saturated rings. The molecule has 6 heteroatoms. The van der Waals surface area contributed by atoms with Crippen molar-refractivity contribution in [3.05, 3.63) is 52.3 Å². The molecule has 0 radical (unpaired) electrons. The van der Waals surface area contributed by atoms with Gasteiger partial charge in [0.05, 0.1) is 18.3 Å². The van der Waals surface area contributed by atoms with Gasteiger partial charge in [0.1, 0.15) is 17.4 Å². The molecule has 1 saturated heterocycles. The van der Waals surface area contributed by atoms with Gasteiger partial charge >= 0.3 is 0 Å². The van der Waals surface area contributed by atoms with Crippen LogP contribution in [0, 0.1) is 6.92 Å². The smallest absolute Gasteiger partial charge is 0.142 e. The molecule has 0 N–H and O–H groups in total. The van der Waals surface area contributed by atoms with Gasteiger partial charge in [-0.3, -0.25) is 0 Å². The summed E-state index contributed by atoms with van der Waals surface area (Å²) < 4.78 is 6.67. The van der Waals surface area contributed by atoms with Crippen LogP contribution in [0.15, 0.2) is 40.9 Å². The number of methoxy groups -OCH3 is 1. The first-order valence-corrected chi connectivity index (χ1v) is 11.0. The lowest BCUT2D eigenvalue weighted by Gasteiger charge is -2.37. The fraction of sp³-hybridized carbons (Fsp3) is 0.391. The molecule has 2 heterocycles. The van der Waals surface area contributed by atoms with Gasteiger partial charge in [-0.05, 0) is 55.7 Å². The van der Waals surface area contributed by atoms with Gasteiger partial charge in [-0.1, -0.05) is 22.0 Å². The van der Waals surface area contributed by atoms with Gasteiger partial charge < -0.3 is 14.5 Å². The Hall–Kier alpha value is -2.34. The molecular weight excluding hydrogens is 428 g/mol. The zero-order valence-corrected chi connectivity index (χ0v) is 18.4. The van der Waals surface area contributed by atoms with Crippen LogP contribution in [-0.2, 0) is 0 Å². The van der Waals surface area contributed by atoms with Crippen molar-refractivity contribution in [2.45, 2.75) is 25.7 Å². The highest BCUT2D eigenvalue weighted by Crippen LogP contribution is 2.40. The normalized spacial score (nSPS) is 17.1. The van der Waals surface area contributed by atoms with Gasteiger partial charge in [0, 0.05) is 42.0 Å². The number of benzene rings is 2. The Kier molecular flexibility index (Phi) is 4.82. The molecule has 2 aromatic carbocycles. The monoisotopic (exact) mass is 452 g/mol. The lowest BCUT2D eigenvalue weighted by atomic mass is 10.1. The van der Waals surface area contributed by atoms with E-state index >= 15 is 0 Å². The Balaban J connectivity index is 1.44. The van der Waals surface area contributed by atoms with E-state index in [-0.39, 0.29) is 0 Å². The highest BCUT2D eigenvalue weighted by atomic mass is 79.9. The fourth-order valence-electron chi connectivity index (χ4n) is 4.07. The number of hydrogen-bond acceptors (Lipinski definition) is 5. The van der Waals surface area contributed by atoms with Crippen molar-refractivity contribution in [3.63, 3.8) is 0 Å². The minimum absolute atomic E-state index is 0.541. The molecule has 0 atom stereocenters. The Morgan fingerprint density at radius 1 is 0.966 bits per heavy atom. The second-order valence-corrected chi connectivity index (χ2v) is 8.91. The molecule has 0 spiro atoms. The maximum absolute atomic E-state index is 5.60. The Morgan fingerprint density at radius 3 is 2.45 bits per heavy atom. The first kappa shape index (κ1) is 18.7. The summed E-state index contributed by atoms with van der Waals surface area (Å²) in [5.41, 5.74) is 3.48. The van der Waals surface area contributed by atoms with Crippen molar-refractivity contribution >= 4 is 38.3 Å². The number of anilines is 2. The molecule has 1 saturated carbocycles. The van der Waals surface area contributed by atoms with E-state index in [1.807, 2.05) is 0 Å². The molecule has 0 unspecified atom stereocenters. The van der Waals surface area contributed by atoms with E-state index in [4.69, 9.17) is 14.7 Å². The summed E-state index contributed by atoms with van der Waals surface area (Å²) in [6.07, 6.45) is 2.42. The van der Waals surface area contributed by atoms with Crippen molar-refractivity contribution in [3.8, 4) is 5.75 Å². The van der Waals surface area contributed by atoms with E-state index in [2.05, 4.69) is 69.1 Å². The van der Waals surface area contributed by atoms with Crippen LogP contribution in [0.25, 0.3) is 10.9 Å². The van der Waals surface area contributed by atoms with Crippen LogP contribution in [0.2, 0.25) is 0 Å². The molecule has 29 heavy (non-hydrogen) atoms. The Morgan fingerprint density at radius 2 is 1.72 bits per heavy atom. The summed E-state index contributed by atoms with van der Waals surface area (Å²) >= 11 is 3.62. The van der Waals surface area contributed by atoms with Crippen LogP contribution in [-0.4, -0.2) is 43.3 Å². The zero-order valence-electron chi connectivity index (χ0n) is 16.9. The van der Waals surface area contributed by atoms with Gasteiger partial charge in [0.2, 0.25) is 0 Å². The van der Waals surface area contributed by atoms with Gasteiger partial charge in [0.25, 0.3) is 0 Å². The average molecular weight is 453 g/mol. The standard InChI is InChI=1S/C23H25BrN4O/c1-15-3-8-21(29-2)20(13-15)27-9-11-28(12-10-27)23-18-14-17(24)6-7-19(18)25-22(26-23)16-4-5-16/h3,6-8,13-14,16H,4-5,9-12H2,1-2H3. The van der Waals surface area contributed by atoms with Gasteiger partial charge in [0.15, 0.2) is 0 Å². The van der Waals surface area contributed by atoms with Crippen molar-refractivity contribution in [2.75, 3.05) is 43.1 Å². The van der Waals surface area contributed by atoms with E-state index in [9.17, 15) is 0 Å². The summed E-state index contributed by atoms with van der Waals surface area (Å²) in [4.78, 5) is 14.7. The molecular formula is C23H25BrN4O. The largest absolute Gasteiger partial charge is 0.495 e. The summed E-state index contributed by atoms with van der Waals surface area (Å²) in [5, 5.41) is 1.13. The van der Waals surface area contributed by atoms with Crippen LogP contribution in [0.5, 0.6) is 5.75 Å². The number of piperazine rings is 1. The minimum Gasteiger partial charge on any atom is -0.495 e. The van der Waals surface area contributed by atoms with Crippen LogP contribution in [0.1, 0.15) is 30.1 Å². The predicted molar refractivity (Wildman–Crippen MR) is 121 cm³/mol. The van der Waals surface area contributed by atoms with Crippen LogP contribution in [0.3, 0.4) is 0 Å². The summed E-state index contributed by atoms with van der Waals surface area (Å²) in [7, 11) is 1.74. The summed E-state index contributed by atoms with van der Waals surface area (Å²) in [6.45, 7) is 5.87. The van der Waals surface area contributed by atoms with Crippen LogP contribution >= 0.6 is 15.9 Å². The number of fused-ring (bicyclic) bond motifs is 1. The quantitative estimate of drug-likeness (QED) is 0.562. The first-order valence-electron chi connectivity index (χ1n) is 10.2. The molecule has 1 aromatic heterocycles. The maximum atomic E-state index is 5.60. The molecule has 1 aliphatic heterocycles. The maximum Gasteiger partial charge on any atom is 0.142 e. The summed E-state index contributed by atoms with van der Waals surface area (Å²) in [6, 6.07) is 12.7. The SMILES string of the molecule is COc1ccc(C)cc1N1CCN(c2nc(C3CC3)nc3ccc(Br)cc23)CC1. The highest BCUT2D eigenvalue weighted by Gasteiger charge is 2.29. The third-order valence-electron chi connectivity index (χ3n) is 5.85. The van der Waals surface area contributed by atoms with Gasteiger partial charge in [-0.25, -0.2) is 9.97 Å². The fourth-order valence-corrected chi connectivity index (χ4v) is 4.43. The third-order valence-corrected chi connectivity index (χ3v) is 6.34. The number of halogens is 1. The molecule has 0 amide bonds. The lowest BCUT2D eigenvalue weighted by molar-refractivity contribution is 0.413. The van der Waals surface area contributed by atoms with E-state index in [0.717, 1.165) is 58.9 Å². The molecule has 5 nitrogen and oxygen atoms in total. The minimum atomic E-state index is 0.541. The van der Waals surface area contributed by atoms with Crippen LogP contribution in [0.4, 0.5) is 11.5 Å². The molecule has 5 rings (SSSR count). The molecule has 2 aliphatic rings. The summed E-state index contributed by atoms with van der Waals surface area (Å²) in [5.74, 6) is 3.57. The predicted octanol–water partition coefficient (Wildman–Crippen LogP) is 4.91. The number of hydrogen-bond donors (Lipinski definition) is 0. The highest BCUT2D eigenvalue weighted by molar-refractivity contribution is 9.10. The van der Waals surface area contributed by atoms with E-state index in [0.29, 0.717) is 5.92 Å². The van der Waals surface area contributed by atoms with Crippen molar-refractivity contribution in [1.29, 1.82) is 0 Å². The molecule has 150 valence electrons. The van der Waals surface area contributed by atoms with Crippen molar-refractivity contribution < 1.29 is 4.74 Å². The van der Waals surface area contributed by atoms with Crippen molar-refractivity contribution in [2.24, 2.45) is 0 Å². The number of nitrogens with zero attached hydrogens (tertiary/aromatic N) is 4. The van der Waals surface area contributed by atoms with Crippen molar-refractivity contribution in [1.82, 2.24) is 9.97 Å². The third kappa shape index (κ3) is 3.66. The molecule has 0 bridgehead atoms. The van der Waals surface area contributed by atoms with E-state index in [1.165, 1.54) is 24.1 Å². The van der Waals surface area contributed by atoms with Gasteiger partial charge in [-0.2, -0.15) is 0 Å². The first-order chi connectivity index (χ1) is 14.1. The van der Waals surface area contributed by atoms with Gasteiger partial charge in [-0.15, -0.1) is 0 Å². The average Bonchev–Trinajstić information content (AvgIpc) is 3.58. The zero-order chi connectivity index (χ0) is 20.0.